The van der Waals surface area contributed by atoms with E-state index in [4.69, 9.17) is 0 Å². The summed E-state index contributed by atoms with van der Waals surface area (Å²) in [5.41, 5.74) is -0.663. The zero-order valence-corrected chi connectivity index (χ0v) is 18.2. The third-order valence-electron chi connectivity index (χ3n) is 7.88. The lowest BCUT2D eigenvalue weighted by atomic mass is 9.62. The van der Waals surface area contributed by atoms with Crippen molar-refractivity contribution in [1.82, 2.24) is 19.8 Å². The second-order valence-electron chi connectivity index (χ2n) is 9.66. The van der Waals surface area contributed by atoms with Gasteiger partial charge in [-0.2, -0.15) is 9.37 Å². The standard InChI is InChI=1S/C22H32FN5O2/c1-21(2)16-6-8-22(21,3)19(30)28(18(16)29)11-5-4-10-26-12-14-27(15-13-26)20-24-9-7-17(23)25-20/h7,9,16H,4-6,8,10-15H2,1-3H3. The maximum Gasteiger partial charge on any atom is 0.235 e. The molecule has 3 aliphatic rings. The van der Waals surface area contributed by atoms with Crippen LogP contribution in [0.4, 0.5) is 10.3 Å². The largest absolute Gasteiger partial charge is 0.338 e. The van der Waals surface area contributed by atoms with Crippen LogP contribution >= 0.6 is 0 Å². The van der Waals surface area contributed by atoms with Crippen LogP contribution in [0.1, 0.15) is 46.5 Å². The van der Waals surface area contributed by atoms with E-state index >= 15 is 0 Å². The van der Waals surface area contributed by atoms with Gasteiger partial charge in [0, 0.05) is 50.9 Å². The minimum absolute atomic E-state index is 0.0231. The minimum atomic E-state index is -0.505. The first-order valence-electron chi connectivity index (χ1n) is 11.1. The van der Waals surface area contributed by atoms with Gasteiger partial charge in [0.2, 0.25) is 23.7 Å². The molecular weight excluding hydrogens is 385 g/mol. The van der Waals surface area contributed by atoms with E-state index in [1.807, 2.05) is 11.8 Å². The number of unbranched alkanes of at least 4 members (excludes halogenated alkanes) is 1. The molecule has 1 aliphatic carbocycles. The van der Waals surface area contributed by atoms with Gasteiger partial charge >= 0.3 is 0 Å². The Kier molecular flexibility index (Phi) is 5.55. The van der Waals surface area contributed by atoms with Crippen LogP contribution in [0, 0.1) is 22.7 Å². The van der Waals surface area contributed by atoms with Gasteiger partial charge in [0.05, 0.1) is 5.41 Å². The van der Waals surface area contributed by atoms with Crippen LogP contribution in [0.2, 0.25) is 0 Å². The fourth-order valence-corrected chi connectivity index (χ4v) is 5.37. The fraction of sp³-hybridized carbons (Fsp3) is 0.727. The molecule has 3 heterocycles. The van der Waals surface area contributed by atoms with Crippen molar-refractivity contribution >= 4 is 17.8 Å². The van der Waals surface area contributed by atoms with E-state index in [-0.39, 0.29) is 23.1 Å². The summed E-state index contributed by atoms with van der Waals surface area (Å²) in [4.78, 5) is 39.9. The predicted octanol–water partition coefficient (Wildman–Crippen LogP) is 2.33. The summed E-state index contributed by atoms with van der Waals surface area (Å²) in [5.74, 6) is -0.0327. The van der Waals surface area contributed by atoms with Crippen LogP contribution in [-0.2, 0) is 9.59 Å². The molecule has 2 bridgehead atoms. The second kappa shape index (κ2) is 7.87. The van der Waals surface area contributed by atoms with Crippen molar-refractivity contribution in [2.75, 3.05) is 44.2 Å². The molecule has 4 rings (SSSR count). The predicted molar refractivity (Wildman–Crippen MR) is 111 cm³/mol. The zero-order valence-electron chi connectivity index (χ0n) is 18.2. The number of piperazine rings is 1. The summed E-state index contributed by atoms with van der Waals surface area (Å²) in [6.45, 7) is 10.9. The van der Waals surface area contributed by atoms with Crippen molar-refractivity contribution in [2.45, 2.75) is 46.5 Å². The highest BCUT2D eigenvalue weighted by atomic mass is 19.1. The van der Waals surface area contributed by atoms with Crippen molar-refractivity contribution in [2.24, 2.45) is 16.7 Å². The highest BCUT2D eigenvalue weighted by Crippen LogP contribution is 2.60. The molecule has 2 unspecified atom stereocenters. The molecule has 2 aliphatic heterocycles. The number of carbonyl (C=O) groups excluding carboxylic acids is 2. The molecule has 0 N–H and O–H groups in total. The number of anilines is 1. The summed E-state index contributed by atoms with van der Waals surface area (Å²) < 4.78 is 13.3. The average Bonchev–Trinajstić information content (AvgIpc) is 2.91. The molecule has 1 aromatic heterocycles. The van der Waals surface area contributed by atoms with Gasteiger partial charge in [-0.05, 0) is 37.6 Å². The third-order valence-corrected chi connectivity index (χ3v) is 7.88. The number of nitrogens with zero attached hydrogens (tertiary/aromatic N) is 5. The van der Waals surface area contributed by atoms with Gasteiger partial charge in [0.15, 0.2) is 0 Å². The number of hydrogen-bond acceptors (Lipinski definition) is 6. The Balaban J connectivity index is 1.23. The summed E-state index contributed by atoms with van der Waals surface area (Å²) >= 11 is 0. The highest BCUT2D eigenvalue weighted by Gasteiger charge is 2.64. The average molecular weight is 418 g/mol. The summed E-state index contributed by atoms with van der Waals surface area (Å²) in [5, 5.41) is 0. The first-order valence-corrected chi connectivity index (χ1v) is 11.1. The van der Waals surface area contributed by atoms with Gasteiger partial charge in [-0.3, -0.25) is 19.4 Å². The Labute approximate surface area is 177 Å². The Morgan fingerprint density at radius 3 is 2.50 bits per heavy atom. The molecular formula is C22H32FN5O2. The third kappa shape index (κ3) is 3.49. The molecule has 1 aromatic rings. The summed E-state index contributed by atoms with van der Waals surface area (Å²) in [7, 11) is 0. The van der Waals surface area contributed by atoms with E-state index in [1.54, 1.807) is 4.90 Å². The van der Waals surface area contributed by atoms with Gasteiger partial charge in [0.1, 0.15) is 0 Å². The normalized spacial score (nSPS) is 29.0. The van der Waals surface area contributed by atoms with E-state index in [0.29, 0.717) is 12.5 Å². The lowest BCUT2D eigenvalue weighted by Crippen LogP contribution is -2.59. The van der Waals surface area contributed by atoms with Crippen molar-refractivity contribution < 1.29 is 14.0 Å². The molecule has 2 saturated heterocycles. The van der Waals surface area contributed by atoms with E-state index in [2.05, 4.69) is 28.7 Å². The van der Waals surface area contributed by atoms with E-state index in [1.165, 1.54) is 12.3 Å². The second-order valence-corrected chi connectivity index (χ2v) is 9.66. The number of rotatable bonds is 6. The van der Waals surface area contributed by atoms with Gasteiger partial charge in [-0.25, -0.2) is 4.98 Å². The Morgan fingerprint density at radius 1 is 1.10 bits per heavy atom. The molecule has 2 amide bonds. The van der Waals surface area contributed by atoms with Crippen LogP contribution in [0.3, 0.4) is 0 Å². The number of fused-ring (bicyclic) bond motifs is 2. The van der Waals surface area contributed by atoms with Gasteiger partial charge in [-0.15, -0.1) is 0 Å². The van der Waals surface area contributed by atoms with E-state index in [9.17, 15) is 14.0 Å². The molecule has 1 saturated carbocycles. The van der Waals surface area contributed by atoms with Crippen LogP contribution in [-0.4, -0.2) is 70.9 Å². The number of hydrogen-bond donors (Lipinski definition) is 0. The van der Waals surface area contributed by atoms with Gasteiger partial charge in [-0.1, -0.05) is 20.8 Å². The Morgan fingerprint density at radius 2 is 1.80 bits per heavy atom. The lowest BCUT2D eigenvalue weighted by Gasteiger charge is -2.47. The van der Waals surface area contributed by atoms with Gasteiger partial charge in [0.25, 0.3) is 0 Å². The topological polar surface area (TPSA) is 69.6 Å². The Hall–Kier alpha value is -2.09. The molecule has 30 heavy (non-hydrogen) atoms. The van der Waals surface area contributed by atoms with Crippen LogP contribution < -0.4 is 4.90 Å². The number of imide groups is 1. The number of piperidine rings is 1. The summed E-state index contributed by atoms with van der Waals surface area (Å²) in [6.07, 6.45) is 4.85. The number of aromatic nitrogens is 2. The Bertz CT molecular complexity index is 824. The lowest BCUT2D eigenvalue weighted by molar-refractivity contribution is -0.167. The molecule has 2 atom stereocenters. The van der Waals surface area contributed by atoms with Gasteiger partial charge < -0.3 is 4.90 Å². The van der Waals surface area contributed by atoms with Crippen LogP contribution in [0.5, 0.6) is 0 Å². The number of carbonyl (C=O) groups is 2. The SMILES string of the molecule is CC12CCC(C(=O)N(CCCCN3CCN(c4nccc(F)n4)CC3)C1=O)C2(C)C. The van der Waals surface area contributed by atoms with Crippen molar-refractivity contribution in [1.29, 1.82) is 0 Å². The first-order chi connectivity index (χ1) is 14.2. The fourth-order valence-electron chi connectivity index (χ4n) is 5.37. The molecule has 0 spiro atoms. The van der Waals surface area contributed by atoms with E-state index < -0.39 is 11.4 Å². The van der Waals surface area contributed by atoms with Crippen LogP contribution in [0.15, 0.2) is 12.3 Å². The number of halogens is 1. The highest BCUT2D eigenvalue weighted by molar-refractivity contribution is 6.03. The van der Waals surface area contributed by atoms with Crippen LogP contribution in [0.25, 0.3) is 0 Å². The van der Waals surface area contributed by atoms with Crippen molar-refractivity contribution in [3.05, 3.63) is 18.2 Å². The minimum Gasteiger partial charge on any atom is -0.338 e. The maximum absolute atomic E-state index is 13.3. The van der Waals surface area contributed by atoms with Crippen molar-refractivity contribution in [3.63, 3.8) is 0 Å². The van der Waals surface area contributed by atoms with E-state index in [0.717, 1.165) is 58.4 Å². The monoisotopic (exact) mass is 417 g/mol. The molecule has 8 heteroatoms. The molecule has 3 fully saturated rings. The molecule has 7 nitrogen and oxygen atoms in total. The molecule has 0 aromatic carbocycles. The summed E-state index contributed by atoms with van der Waals surface area (Å²) in [6, 6.07) is 1.25. The number of amides is 2. The van der Waals surface area contributed by atoms with Crippen molar-refractivity contribution in [3.8, 4) is 0 Å². The molecule has 164 valence electrons. The molecule has 0 radical (unpaired) electrons. The maximum atomic E-state index is 13.3. The zero-order chi connectivity index (χ0) is 21.5. The first kappa shape index (κ1) is 21.2. The quantitative estimate of drug-likeness (QED) is 0.402. The smallest absolute Gasteiger partial charge is 0.235 e. The number of likely N-dealkylation sites (tertiary alicyclic amines) is 1.